The number of imidazole rings is 1. The molecule has 9 N–H and O–H groups in total. The maximum Gasteiger partial charge on any atom is 0.324 e. The number of aromatic nitrogens is 2. The van der Waals surface area contributed by atoms with E-state index < -0.39 is 36.0 Å². The topological polar surface area (TPSA) is 208 Å². The number of carbonyl (C=O) groups is 3. The van der Waals surface area contributed by atoms with Gasteiger partial charge >= 0.3 is 17.9 Å². The van der Waals surface area contributed by atoms with E-state index >= 15 is 0 Å². The molecular weight excluding hydrogens is 310 g/mol. The van der Waals surface area contributed by atoms with Crippen LogP contribution in [0.15, 0.2) is 12.5 Å². The fourth-order valence-corrected chi connectivity index (χ4v) is 1.10. The summed E-state index contributed by atoms with van der Waals surface area (Å²) < 4.78 is 4.46. The number of H-pyrrole nitrogens is 1. The van der Waals surface area contributed by atoms with Gasteiger partial charge in [0.05, 0.1) is 6.33 Å². The molecule has 0 bridgehead atoms. The van der Waals surface area contributed by atoms with Crippen molar-refractivity contribution in [2.45, 2.75) is 31.5 Å². The van der Waals surface area contributed by atoms with E-state index in [9.17, 15) is 14.4 Å². The quantitative estimate of drug-likeness (QED) is 0.293. The molecule has 1 aromatic rings. The number of carboxylic acids is 2. The van der Waals surface area contributed by atoms with E-state index in [4.69, 9.17) is 27.4 Å². The van der Waals surface area contributed by atoms with E-state index in [0.717, 1.165) is 5.69 Å². The standard InChI is InChI=1S/C6H9N3O2.C6H12N2O4/c7-5(6(10)11)1-4-2-8-3-9-4;1-3(7)6(11)12-2-4(8)5(9)10/h2-3,5H,1,7H2,(H,8,9)(H,10,11);3-4H,2,7-8H2,1H3,(H,9,10)/t5-;3-,4-/m00/s1. The molecule has 0 amide bonds. The number of ether oxygens (including phenoxy) is 1. The summed E-state index contributed by atoms with van der Waals surface area (Å²) >= 11 is 0. The van der Waals surface area contributed by atoms with Gasteiger partial charge in [-0.05, 0) is 6.92 Å². The molecule has 0 saturated carbocycles. The summed E-state index contributed by atoms with van der Waals surface area (Å²) in [6, 6.07) is -2.80. The minimum Gasteiger partial charge on any atom is -0.480 e. The number of esters is 1. The molecule has 0 fully saturated rings. The van der Waals surface area contributed by atoms with Crippen LogP contribution in [0.1, 0.15) is 12.6 Å². The predicted molar refractivity (Wildman–Crippen MR) is 78.1 cm³/mol. The third-order valence-electron chi connectivity index (χ3n) is 2.41. The molecule has 3 atom stereocenters. The molecule has 1 heterocycles. The zero-order valence-corrected chi connectivity index (χ0v) is 12.5. The van der Waals surface area contributed by atoms with E-state index in [1.165, 1.54) is 13.3 Å². The van der Waals surface area contributed by atoms with E-state index in [1.54, 1.807) is 6.20 Å². The first-order valence-electron chi connectivity index (χ1n) is 6.51. The number of aliphatic carboxylic acids is 2. The van der Waals surface area contributed by atoms with Gasteiger partial charge in [0.1, 0.15) is 24.7 Å². The molecule has 11 heteroatoms. The summed E-state index contributed by atoms with van der Waals surface area (Å²) in [4.78, 5) is 37.6. The minimum absolute atomic E-state index is 0.287. The van der Waals surface area contributed by atoms with Crippen molar-refractivity contribution >= 4 is 17.9 Å². The fraction of sp³-hybridized carbons (Fsp3) is 0.500. The highest BCUT2D eigenvalue weighted by Crippen LogP contribution is 1.95. The van der Waals surface area contributed by atoms with E-state index in [2.05, 4.69) is 14.7 Å². The summed E-state index contributed by atoms with van der Waals surface area (Å²) in [5.74, 6) is -2.88. The van der Waals surface area contributed by atoms with Crippen molar-refractivity contribution in [3.05, 3.63) is 18.2 Å². The van der Waals surface area contributed by atoms with Crippen LogP contribution in [0.5, 0.6) is 0 Å². The summed E-state index contributed by atoms with van der Waals surface area (Å²) in [6.45, 7) is 1.09. The largest absolute Gasteiger partial charge is 0.480 e. The van der Waals surface area contributed by atoms with E-state index in [-0.39, 0.29) is 13.0 Å². The maximum atomic E-state index is 10.7. The van der Waals surface area contributed by atoms with Crippen molar-refractivity contribution in [3.63, 3.8) is 0 Å². The Bertz CT molecular complexity index is 504. The molecule has 0 aliphatic heterocycles. The molecule has 0 saturated heterocycles. The molecule has 0 aliphatic carbocycles. The Morgan fingerprint density at radius 3 is 2.17 bits per heavy atom. The van der Waals surface area contributed by atoms with Gasteiger partial charge in [0.15, 0.2) is 0 Å². The second-order valence-electron chi connectivity index (χ2n) is 4.59. The highest BCUT2D eigenvalue weighted by Gasteiger charge is 2.15. The summed E-state index contributed by atoms with van der Waals surface area (Å²) in [7, 11) is 0. The molecule has 0 aliphatic rings. The third kappa shape index (κ3) is 9.18. The third-order valence-corrected chi connectivity index (χ3v) is 2.41. The van der Waals surface area contributed by atoms with Gasteiger partial charge in [0, 0.05) is 18.3 Å². The van der Waals surface area contributed by atoms with Gasteiger partial charge in [0.2, 0.25) is 0 Å². The average Bonchev–Trinajstić information content (AvgIpc) is 2.97. The van der Waals surface area contributed by atoms with Gasteiger partial charge in [-0.15, -0.1) is 0 Å². The normalized spacial score (nSPS) is 13.9. The van der Waals surface area contributed by atoms with Crippen LogP contribution in [0.3, 0.4) is 0 Å². The Balaban J connectivity index is 0.000000422. The highest BCUT2D eigenvalue weighted by atomic mass is 16.5. The predicted octanol–water partition coefficient (Wildman–Crippen LogP) is -2.35. The van der Waals surface area contributed by atoms with Gasteiger partial charge in [-0.1, -0.05) is 0 Å². The lowest BCUT2D eigenvalue weighted by atomic mass is 10.2. The van der Waals surface area contributed by atoms with Crippen molar-refractivity contribution in [1.82, 2.24) is 9.97 Å². The van der Waals surface area contributed by atoms with Crippen molar-refractivity contribution in [2.24, 2.45) is 17.2 Å². The molecule has 11 nitrogen and oxygen atoms in total. The number of carboxylic acid groups (broad SMARTS) is 2. The number of hydrogen-bond acceptors (Lipinski definition) is 8. The van der Waals surface area contributed by atoms with Crippen molar-refractivity contribution in [1.29, 1.82) is 0 Å². The van der Waals surface area contributed by atoms with Crippen LogP contribution in [-0.4, -0.2) is 62.8 Å². The Labute approximate surface area is 131 Å². The Morgan fingerprint density at radius 2 is 1.78 bits per heavy atom. The second kappa shape index (κ2) is 10.3. The van der Waals surface area contributed by atoms with Crippen LogP contribution in [0, 0.1) is 0 Å². The number of hydrogen-bond donors (Lipinski definition) is 6. The first-order valence-corrected chi connectivity index (χ1v) is 6.51. The first kappa shape index (κ1) is 20.5. The SMILES string of the molecule is C[C@H](N)C(=O)OC[C@H](N)C(=O)O.N[C@@H](Cc1cnc[nH]1)C(=O)O. The minimum atomic E-state index is -1.22. The highest BCUT2D eigenvalue weighted by molar-refractivity contribution is 5.77. The lowest BCUT2D eigenvalue weighted by Gasteiger charge is -2.09. The van der Waals surface area contributed by atoms with E-state index in [1.807, 2.05) is 0 Å². The van der Waals surface area contributed by atoms with Crippen LogP contribution in [0.4, 0.5) is 0 Å². The number of carbonyl (C=O) groups excluding carboxylic acids is 1. The molecule has 0 aromatic carbocycles. The zero-order chi connectivity index (χ0) is 18.0. The van der Waals surface area contributed by atoms with Crippen molar-refractivity contribution in [3.8, 4) is 0 Å². The Hall–Kier alpha value is -2.50. The maximum absolute atomic E-state index is 10.7. The average molecular weight is 331 g/mol. The smallest absolute Gasteiger partial charge is 0.324 e. The number of nitrogens with zero attached hydrogens (tertiary/aromatic N) is 1. The zero-order valence-electron chi connectivity index (χ0n) is 12.5. The molecule has 130 valence electrons. The van der Waals surface area contributed by atoms with Crippen LogP contribution in [0.2, 0.25) is 0 Å². The first-order chi connectivity index (χ1) is 10.6. The molecule has 1 aromatic heterocycles. The van der Waals surface area contributed by atoms with Gasteiger partial charge in [-0.25, -0.2) is 4.98 Å². The fourth-order valence-electron chi connectivity index (χ4n) is 1.10. The van der Waals surface area contributed by atoms with E-state index in [0.29, 0.717) is 0 Å². The molecular formula is C12H21N5O6. The molecule has 0 spiro atoms. The Kier molecular flexibility index (Phi) is 9.15. The summed E-state index contributed by atoms with van der Waals surface area (Å²) in [5.41, 5.74) is 16.2. The van der Waals surface area contributed by atoms with Crippen LogP contribution in [-0.2, 0) is 25.5 Å². The molecule has 1 rings (SSSR count). The van der Waals surface area contributed by atoms with Crippen LogP contribution in [0.25, 0.3) is 0 Å². The number of aromatic amines is 1. The number of nitrogens with one attached hydrogen (secondary N) is 1. The van der Waals surface area contributed by atoms with Gasteiger partial charge in [-0.2, -0.15) is 0 Å². The second-order valence-corrected chi connectivity index (χ2v) is 4.59. The number of nitrogens with two attached hydrogens (primary N) is 3. The van der Waals surface area contributed by atoms with Crippen LogP contribution >= 0.6 is 0 Å². The lowest BCUT2D eigenvalue weighted by molar-refractivity contribution is -0.148. The molecule has 23 heavy (non-hydrogen) atoms. The van der Waals surface area contributed by atoms with Crippen molar-refractivity contribution < 1.29 is 29.3 Å². The van der Waals surface area contributed by atoms with Gasteiger partial charge in [0.25, 0.3) is 0 Å². The number of rotatable bonds is 7. The molecule has 0 unspecified atom stereocenters. The summed E-state index contributed by atoms with van der Waals surface area (Å²) in [5, 5.41) is 16.7. The van der Waals surface area contributed by atoms with Gasteiger partial charge < -0.3 is 37.1 Å². The van der Waals surface area contributed by atoms with Gasteiger partial charge in [-0.3, -0.25) is 14.4 Å². The van der Waals surface area contributed by atoms with Crippen molar-refractivity contribution in [2.75, 3.05) is 6.61 Å². The lowest BCUT2D eigenvalue weighted by Crippen LogP contribution is -2.38. The summed E-state index contributed by atoms with van der Waals surface area (Å²) in [6.07, 6.45) is 3.34. The monoisotopic (exact) mass is 331 g/mol. The molecule has 0 radical (unpaired) electrons. The Morgan fingerprint density at radius 1 is 1.22 bits per heavy atom. The van der Waals surface area contributed by atoms with Crippen LogP contribution < -0.4 is 17.2 Å².